The van der Waals surface area contributed by atoms with Crippen molar-refractivity contribution in [2.75, 3.05) is 17.3 Å². The van der Waals surface area contributed by atoms with Crippen molar-refractivity contribution in [3.63, 3.8) is 0 Å². The molecule has 0 spiro atoms. The smallest absolute Gasteiger partial charge is 0.294 e. The third-order valence-electron chi connectivity index (χ3n) is 4.50. The Balaban J connectivity index is 1.95. The summed E-state index contributed by atoms with van der Waals surface area (Å²) in [5.41, 5.74) is 1.49. The molecule has 3 rings (SSSR count). The molecule has 0 aliphatic carbocycles. The number of aromatic nitrogens is 2. The van der Waals surface area contributed by atoms with E-state index in [1.54, 1.807) is 48.5 Å². The largest absolute Gasteiger partial charge is 0.325 e. The van der Waals surface area contributed by atoms with Gasteiger partial charge in [-0.3, -0.25) is 28.6 Å². The fraction of sp³-hybridized carbons (Fsp3) is 0.190. The normalized spacial score (nSPS) is 10.6. The van der Waals surface area contributed by atoms with Gasteiger partial charge in [0.25, 0.3) is 5.56 Å². The topological polar surface area (TPSA) is 101 Å². The van der Waals surface area contributed by atoms with Crippen LogP contribution in [0.25, 0.3) is 11.0 Å². The highest BCUT2D eigenvalue weighted by atomic mass is 16.2. The molecular formula is C21H20N4O4. The van der Waals surface area contributed by atoms with Gasteiger partial charge in [-0.05, 0) is 43.3 Å². The zero-order valence-electron chi connectivity index (χ0n) is 16.3. The molecule has 29 heavy (non-hydrogen) atoms. The van der Waals surface area contributed by atoms with Gasteiger partial charge in [0.15, 0.2) is 5.78 Å². The second-order valence-corrected chi connectivity index (χ2v) is 6.58. The van der Waals surface area contributed by atoms with Crippen molar-refractivity contribution in [3.05, 3.63) is 64.4 Å². The second-order valence-electron chi connectivity index (χ2n) is 6.58. The maximum Gasteiger partial charge on any atom is 0.294 e. The summed E-state index contributed by atoms with van der Waals surface area (Å²) in [5.74, 6) is -0.878. The van der Waals surface area contributed by atoms with Crippen molar-refractivity contribution in [1.82, 2.24) is 9.55 Å². The zero-order chi connectivity index (χ0) is 21.1. The molecule has 0 aliphatic heterocycles. The molecule has 148 valence electrons. The minimum Gasteiger partial charge on any atom is -0.325 e. The van der Waals surface area contributed by atoms with E-state index < -0.39 is 11.5 Å². The van der Waals surface area contributed by atoms with Gasteiger partial charge in [-0.15, -0.1) is 0 Å². The number of benzene rings is 2. The van der Waals surface area contributed by atoms with Gasteiger partial charge in [0.05, 0.1) is 11.0 Å². The van der Waals surface area contributed by atoms with E-state index in [-0.39, 0.29) is 24.1 Å². The van der Waals surface area contributed by atoms with Crippen LogP contribution in [0, 0.1) is 0 Å². The molecule has 0 saturated heterocycles. The van der Waals surface area contributed by atoms with Gasteiger partial charge in [0.2, 0.25) is 17.6 Å². The third kappa shape index (κ3) is 4.21. The predicted octanol–water partition coefficient (Wildman–Crippen LogP) is 2.22. The number of amides is 2. The van der Waals surface area contributed by atoms with Gasteiger partial charge in [0.1, 0.15) is 6.54 Å². The number of Topliss-reactive ketones (excluding diaryl/α,β-unsaturated/α-hetero) is 1. The monoisotopic (exact) mass is 392 g/mol. The number of nitrogens with one attached hydrogen (secondary N) is 1. The number of nitrogens with zero attached hydrogens (tertiary/aromatic N) is 3. The van der Waals surface area contributed by atoms with Crippen molar-refractivity contribution in [1.29, 1.82) is 0 Å². The summed E-state index contributed by atoms with van der Waals surface area (Å²) in [7, 11) is 1.46. The molecule has 0 bridgehead atoms. The Kier molecular flexibility index (Phi) is 5.54. The van der Waals surface area contributed by atoms with E-state index in [1.807, 2.05) is 0 Å². The summed E-state index contributed by atoms with van der Waals surface area (Å²) in [5, 5.41) is 2.71. The van der Waals surface area contributed by atoms with Gasteiger partial charge in [-0.1, -0.05) is 12.1 Å². The average Bonchev–Trinajstić information content (AvgIpc) is 2.69. The summed E-state index contributed by atoms with van der Waals surface area (Å²) in [4.78, 5) is 54.0. The molecule has 8 nitrogen and oxygen atoms in total. The molecule has 8 heteroatoms. The Morgan fingerprint density at radius 3 is 2.31 bits per heavy atom. The van der Waals surface area contributed by atoms with E-state index in [4.69, 9.17) is 0 Å². The summed E-state index contributed by atoms with van der Waals surface area (Å²) in [6.45, 7) is 2.54. The maximum atomic E-state index is 12.9. The third-order valence-corrected chi connectivity index (χ3v) is 4.50. The van der Waals surface area contributed by atoms with Crippen molar-refractivity contribution >= 4 is 40.1 Å². The second kappa shape index (κ2) is 8.05. The van der Waals surface area contributed by atoms with Crippen LogP contribution in [0.4, 0.5) is 11.5 Å². The number of hydrogen-bond donors (Lipinski definition) is 1. The minimum atomic E-state index is -0.538. The molecule has 2 amide bonds. The predicted molar refractivity (Wildman–Crippen MR) is 110 cm³/mol. The van der Waals surface area contributed by atoms with Crippen molar-refractivity contribution in [2.24, 2.45) is 0 Å². The number of carbonyl (C=O) groups is 3. The molecule has 0 fully saturated rings. The zero-order valence-corrected chi connectivity index (χ0v) is 16.3. The first-order valence-corrected chi connectivity index (χ1v) is 8.92. The molecule has 1 aromatic heterocycles. The Hall–Kier alpha value is -3.81. The molecule has 1 heterocycles. The highest BCUT2D eigenvalue weighted by molar-refractivity contribution is 5.96. The fourth-order valence-electron chi connectivity index (χ4n) is 2.84. The average molecular weight is 392 g/mol. The van der Waals surface area contributed by atoms with Gasteiger partial charge in [-0.25, -0.2) is 4.98 Å². The number of carbonyl (C=O) groups excluding carboxylic acids is 3. The number of hydrogen-bond acceptors (Lipinski definition) is 5. The minimum absolute atomic E-state index is 0.0465. The van der Waals surface area contributed by atoms with E-state index in [0.29, 0.717) is 22.3 Å². The van der Waals surface area contributed by atoms with E-state index in [1.165, 1.54) is 25.5 Å². The number of para-hydroxylation sites is 2. The molecule has 0 aliphatic rings. The highest BCUT2D eigenvalue weighted by Crippen LogP contribution is 2.15. The Morgan fingerprint density at radius 2 is 1.69 bits per heavy atom. The first-order valence-electron chi connectivity index (χ1n) is 8.92. The maximum absolute atomic E-state index is 12.9. The number of rotatable bonds is 5. The SMILES string of the molecule is CC(=O)c1ccc(NC(=O)Cn2c(=O)c(N(C)C(C)=O)nc3ccccc32)cc1. The number of fused-ring (bicyclic) bond motifs is 1. The van der Waals surface area contributed by atoms with Crippen LogP contribution in [0.1, 0.15) is 24.2 Å². The Labute approximate surface area is 166 Å². The molecule has 1 N–H and O–H groups in total. The lowest BCUT2D eigenvalue weighted by Crippen LogP contribution is -2.36. The van der Waals surface area contributed by atoms with E-state index in [0.717, 1.165) is 4.90 Å². The van der Waals surface area contributed by atoms with Crippen LogP contribution >= 0.6 is 0 Å². The standard InChI is InChI=1S/C21H20N4O4/c1-13(26)15-8-10-16(11-9-15)22-19(28)12-25-18-7-5-4-6-17(18)23-20(21(25)29)24(3)14(2)27/h4-11H,12H2,1-3H3,(H,22,28). The summed E-state index contributed by atoms with van der Waals surface area (Å²) < 4.78 is 1.29. The highest BCUT2D eigenvalue weighted by Gasteiger charge is 2.18. The first kappa shape index (κ1) is 19.9. The van der Waals surface area contributed by atoms with Crippen LogP contribution in [-0.2, 0) is 16.1 Å². The number of anilines is 2. The summed E-state index contributed by atoms with van der Waals surface area (Å²) in [6.07, 6.45) is 0. The summed E-state index contributed by atoms with van der Waals surface area (Å²) in [6, 6.07) is 13.4. The fourth-order valence-corrected chi connectivity index (χ4v) is 2.84. The van der Waals surface area contributed by atoms with Gasteiger partial charge >= 0.3 is 0 Å². The van der Waals surface area contributed by atoms with Crippen LogP contribution in [-0.4, -0.2) is 34.2 Å². The molecule has 0 atom stereocenters. The lowest BCUT2D eigenvalue weighted by molar-refractivity contribution is -0.117. The quantitative estimate of drug-likeness (QED) is 0.671. The molecule has 3 aromatic rings. The molecular weight excluding hydrogens is 372 g/mol. The van der Waals surface area contributed by atoms with Crippen molar-refractivity contribution in [3.8, 4) is 0 Å². The van der Waals surface area contributed by atoms with Crippen molar-refractivity contribution < 1.29 is 14.4 Å². The first-order chi connectivity index (χ1) is 13.8. The van der Waals surface area contributed by atoms with Gasteiger partial charge in [-0.2, -0.15) is 0 Å². The van der Waals surface area contributed by atoms with Gasteiger partial charge in [0, 0.05) is 25.2 Å². The molecule has 0 radical (unpaired) electrons. The Morgan fingerprint density at radius 1 is 1.03 bits per heavy atom. The van der Waals surface area contributed by atoms with E-state index in [9.17, 15) is 19.2 Å². The molecule has 0 unspecified atom stereocenters. The molecule has 2 aromatic carbocycles. The van der Waals surface area contributed by atoms with E-state index in [2.05, 4.69) is 10.3 Å². The lowest BCUT2D eigenvalue weighted by Gasteiger charge is -2.17. The lowest BCUT2D eigenvalue weighted by atomic mass is 10.1. The van der Waals surface area contributed by atoms with Gasteiger partial charge < -0.3 is 5.32 Å². The van der Waals surface area contributed by atoms with Crippen LogP contribution in [0.15, 0.2) is 53.3 Å². The van der Waals surface area contributed by atoms with Crippen LogP contribution in [0.2, 0.25) is 0 Å². The van der Waals surface area contributed by atoms with E-state index >= 15 is 0 Å². The Bertz CT molecular complexity index is 1170. The van der Waals surface area contributed by atoms with Crippen molar-refractivity contribution in [2.45, 2.75) is 20.4 Å². The summed E-state index contributed by atoms with van der Waals surface area (Å²) >= 11 is 0. The number of ketones is 1. The van der Waals surface area contributed by atoms with Crippen LogP contribution < -0.4 is 15.8 Å². The van der Waals surface area contributed by atoms with Crippen LogP contribution in [0.5, 0.6) is 0 Å². The molecule has 0 saturated carbocycles. The van der Waals surface area contributed by atoms with Crippen LogP contribution in [0.3, 0.4) is 0 Å².